The fourth-order valence-corrected chi connectivity index (χ4v) is 5.68. The molecule has 5 nitrogen and oxygen atoms in total. The summed E-state index contributed by atoms with van der Waals surface area (Å²) in [6.07, 6.45) is 0. The van der Waals surface area contributed by atoms with Gasteiger partial charge in [-0.05, 0) is 92.8 Å². The lowest BCUT2D eigenvalue weighted by molar-refractivity contribution is 0.371. The molecule has 0 atom stereocenters. The highest BCUT2D eigenvalue weighted by molar-refractivity contribution is 7.91. The number of aryl methyl sites for hydroxylation is 1. The van der Waals surface area contributed by atoms with Crippen LogP contribution in [-0.4, -0.2) is 34.5 Å². The summed E-state index contributed by atoms with van der Waals surface area (Å²) >= 11 is 0. The Bertz CT molecular complexity index is 1490. The fourth-order valence-electron chi connectivity index (χ4n) is 4.41. The molecule has 0 N–H and O–H groups in total. The Balaban J connectivity index is 1.50. The van der Waals surface area contributed by atoms with Gasteiger partial charge >= 0.3 is 0 Å². The van der Waals surface area contributed by atoms with Gasteiger partial charge in [-0.2, -0.15) is 0 Å². The molecule has 0 aromatic heterocycles. The summed E-state index contributed by atoms with van der Waals surface area (Å²) in [5.41, 5.74) is 4.30. The van der Waals surface area contributed by atoms with Crippen molar-refractivity contribution in [3.63, 3.8) is 0 Å². The SMILES string of the molecule is COc1ccc(C(C)(C)c2ccc(Oc3ccc(S(=O)(=O)c4ccc(C)cc4)cc3)cc2)cc1CN(C)C. The molecule has 198 valence electrons. The van der Waals surface area contributed by atoms with E-state index in [1.807, 2.05) is 39.2 Å². The second-order valence-corrected chi connectivity index (χ2v) is 12.3. The predicted molar refractivity (Wildman–Crippen MR) is 152 cm³/mol. The van der Waals surface area contributed by atoms with Crippen LogP contribution >= 0.6 is 0 Å². The highest BCUT2D eigenvalue weighted by atomic mass is 32.2. The molecule has 4 aromatic carbocycles. The van der Waals surface area contributed by atoms with E-state index in [0.29, 0.717) is 11.5 Å². The molecule has 0 radical (unpaired) electrons. The molecule has 0 fully saturated rings. The minimum Gasteiger partial charge on any atom is -0.496 e. The molecule has 0 unspecified atom stereocenters. The van der Waals surface area contributed by atoms with Crippen molar-refractivity contribution in [3.8, 4) is 17.2 Å². The molecule has 38 heavy (non-hydrogen) atoms. The van der Waals surface area contributed by atoms with Crippen LogP contribution in [0.3, 0.4) is 0 Å². The minimum atomic E-state index is -3.57. The molecule has 0 saturated heterocycles. The number of benzene rings is 4. The monoisotopic (exact) mass is 529 g/mol. The van der Waals surface area contributed by atoms with Gasteiger partial charge in [-0.1, -0.05) is 49.7 Å². The molecule has 0 spiro atoms. The zero-order chi connectivity index (χ0) is 27.5. The molecule has 4 rings (SSSR count). The van der Waals surface area contributed by atoms with Crippen LogP contribution < -0.4 is 9.47 Å². The van der Waals surface area contributed by atoms with Crippen LogP contribution in [0.25, 0.3) is 0 Å². The van der Waals surface area contributed by atoms with Crippen LogP contribution in [0.2, 0.25) is 0 Å². The molecular formula is C32H35NO4S. The summed E-state index contributed by atoms with van der Waals surface area (Å²) in [4.78, 5) is 2.64. The Kier molecular flexibility index (Phi) is 7.95. The van der Waals surface area contributed by atoms with E-state index in [4.69, 9.17) is 9.47 Å². The number of ether oxygens (including phenoxy) is 2. The first-order chi connectivity index (χ1) is 18.0. The molecule has 0 bridgehead atoms. The Morgan fingerprint density at radius 3 is 1.76 bits per heavy atom. The average Bonchev–Trinajstić information content (AvgIpc) is 2.89. The van der Waals surface area contributed by atoms with Crippen molar-refractivity contribution in [3.05, 3.63) is 113 Å². The van der Waals surface area contributed by atoms with Gasteiger partial charge in [0.05, 0.1) is 16.9 Å². The molecule has 0 heterocycles. The lowest BCUT2D eigenvalue weighted by Gasteiger charge is -2.28. The summed E-state index contributed by atoms with van der Waals surface area (Å²) in [5, 5.41) is 0. The zero-order valence-corrected chi connectivity index (χ0v) is 23.7. The first kappa shape index (κ1) is 27.4. The smallest absolute Gasteiger partial charge is 0.206 e. The maximum Gasteiger partial charge on any atom is 0.206 e. The lowest BCUT2D eigenvalue weighted by atomic mass is 9.77. The summed E-state index contributed by atoms with van der Waals surface area (Å²) in [6.45, 7) is 7.14. The second-order valence-electron chi connectivity index (χ2n) is 10.3. The summed E-state index contributed by atoms with van der Waals surface area (Å²) in [6, 6.07) is 27.8. The van der Waals surface area contributed by atoms with Gasteiger partial charge in [-0.3, -0.25) is 0 Å². The standard InChI is InChI=1S/C32H35NO4S/c1-23-7-16-29(17-8-23)38(34,35)30-18-14-28(15-19-30)37-27-12-9-25(10-13-27)32(2,3)26-11-20-31(36-6)24(21-26)22-33(4)5/h7-21H,22H2,1-6H3. The first-order valence-electron chi connectivity index (χ1n) is 12.5. The zero-order valence-electron chi connectivity index (χ0n) is 22.9. The van der Waals surface area contributed by atoms with Crippen LogP contribution in [-0.2, 0) is 21.8 Å². The average molecular weight is 530 g/mol. The first-order valence-corrected chi connectivity index (χ1v) is 14.0. The van der Waals surface area contributed by atoms with Gasteiger partial charge in [-0.15, -0.1) is 0 Å². The number of rotatable bonds is 9. The van der Waals surface area contributed by atoms with Crippen molar-refractivity contribution in [1.82, 2.24) is 4.90 Å². The normalized spacial score (nSPS) is 12.0. The largest absolute Gasteiger partial charge is 0.496 e. The van der Waals surface area contributed by atoms with Gasteiger partial charge < -0.3 is 14.4 Å². The third kappa shape index (κ3) is 5.93. The Morgan fingerprint density at radius 2 is 1.24 bits per heavy atom. The number of hydrogen-bond acceptors (Lipinski definition) is 5. The summed E-state index contributed by atoms with van der Waals surface area (Å²) in [7, 11) is 2.22. The van der Waals surface area contributed by atoms with Crippen molar-refractivity contribution < 1.29 is 17.9 Å². The van der Waals surface area contributed by atoms with Crippen molar-refractivity contribution in [2.75, 3.05) is 21.2 Å². The van der Waals surface area contributed by atoms with E-state index in [-0.39, 0.29) is 15.2 Å². The fraction of sp³-hybridized carbons (Fsp3) is 0.250. The van der Waals surface area contributed by atoms with E-state index in [2.05, 4.69) is 43.0 Å². The van der Waals surface area contributed by atoms with Crippen LogP contribution in [0.4, 0.5) is 0 Å². The van der Waals surface area contributed by atoms with Crippen LogP contribution in [0, 0.1) is 6.92 Å². The van der Waals surface area contributed by atoms with Crippen molar-refractivity contribution >= 4 is 9.84 Å². The highest BCUT2D eigenvalue weighted by Crippen LogP contribution is 2.36. The van der Waals surface area contributed by atoms with E-state index >= 15 is 0 Å². The third-order valence-corrected chi connectivity index (χ3v) is 8.55. The lowest BCUT2D eigenvalue weighted by Crippen LogP contribution is -2.20. The maximum atomic E-state index is 12.9. The van der Waals surface area contributed by atoms with Gasteiger partial charge in [-0.25, -0.2) is 8.42 Å². The molecule has 6 heteroatoms. The Morgan fingerprint density at radius 1 is 0.737 bits per heavy atom. The van der Waals surface area contributed by atoms with Gasteiger partial charge in [0.2, 0.25) is 9.84 Å². The number of sulfone groups is 1. The Labute approximate surface area is 226 Å². The molecule has 0 aliphatic carbocycles. The Hall–Kier alpha value is -3.61. The summed E-state index contributed by atoms with van der Waals surface area (Å²) in [5.74, 6) is 2.14. The van der Waals surface area contributed by atoms with Crippen LogP contribution in [0.1, 0.15) is 36.1 Å². The molecule has 0 aliphatic heterocycles. The van der Waals surface area contributed by atoms with Crippen molar-refractivity contribution in [2.24, 2.45) is 0 Å². The highest BCUT2D eigenvalue weighted by Gasteiger charge is 2.24. The molecular weight excluding hydrogens is 494 g/mol. The van der Waals surface area contributed by atoms with Crippen molar-refractivity contribution in [2.45, 2.75) is 42.5 Å². The topological polar surface area (TPSA) is 55.8 Å². The van der Waals surface area contributed by atoms with Crippen molar-refractivity contribution in [1.29, 1.82) is 0 Å². The molecule has 0 aliphatic rings. The van der Waals surface area contributed by atoms with E-state index in [1.165, 1.54) is 5.56 Å². The number of hydrogen-bond donors (Lipinski definition) is 0. The summed E-state index contributed by atoms with van der Waals surface area (Å²) < 4.78 is 37.4. The van der Waals surface area contributed by atoms with Gasteiger partial charge in [0, 0.05) is 17.5 Å². The van der Waals surface area contributed by atoms with Crippen LogP contribution in [0.5, 0.6) is 17.2 Å². The maximum absolute atomic E-state index is 12.9. The third-order valence-electron chi connectivity index (χ3n) is 6.77. The van der Waals surface area contributed by atoms with E-state index in [0.717, 1.165) is 29.0 Å². The number of nitrogens with zero attached hydrogens (tertiary/aromatic N) is 1. The predicted octanol–water partition coefficient (Wildman–Crippen LogP) is 7.02. The van der Waals surface area contributed by atoms with Gasteiger partial charge in [0.15, 0.2) is 0 Å². The van der Waals surface area contributed by atoms with E-state index in [1.54, 1.807) is 55.6 Å². The second kappa shape index (κ2) is 11.0. The van der Waals surface area contributed by atoms with Gasteiger partial charge in [0.1, 0.15) is 17.2 Å². The van der Waals surface area contributed by atoms with Gasteiger partial charge in [0.25, 0.3) is 0 Å². The molecule has 0 saturated carbocycles. The minimum absolute atomic E-state index is 0.224. The molecule has 0 amide bonds. The van der Waals surface area contributed by atoms with E-state index < -0.39 is 9.84 Å². The number of methoxy groups -OCH3 is 1. The van der Waals surface area contributed by atoms with E-state index in [9.17, 15) is 8.42 Å². The molecule has 4 aromatic rings. The quantitative estimate of drug-likeness (QED) is 0.233. The van der Waals surface area contributed by atoms with Crippen LogP contribution in [0.15, 0.2) is 101 Å².